The molecule has 0 saturated heterocycles. The summed E-state index contributed by atoms with van der Waals surface area (Å²) in [4.78, 5) is 16.7. The Balaban J connectivity index is 1.65. The van der Waals surface area contributed by atoms with Gasteiger partial charge in [0.1, 0.15) is 5.75 Å². The third-order valence-corrected chi connectivity index (χ3v) is 4.44. The van der Waals surface area contributed by atoms with Gasteiger partial charge in [-0.15, -0.1) is 0 Å². The van der Waals surface area contributed by atoms with Gasteiger partial charge in [-0.2, -0.15) is 8.78 Å². The fraction of sp³-hybridized carbons (Fsp3) is 0.158. The molecule has 1 N–H and O–H groups in total. The van der Waals surface area contributed by atoms with E-state index in [9.17, 15) is 13.6 Å². The van der Waals surface area contributed by atoms with Gasteiger partial charge in [0.2, 0.25) is 0 Å². The molecule has 0 aliphatic heterocycles. The molecule has 2 aromatic carbocycles. The highest BCUT2D eigenvalue weighted by atomic mass is 32.2. The van der Waals surface area contributed by atoms with Crippen molar-refractivity contribution in [3.8, 4) is 11.4 Å². The van der Waals surface area contributed by atoms with Crippen molar-refractivity contribution in [3.63, 3.8) is 0 Å². The molecule has 3 aromatic rings. The highest BCUT2D eigenvalue weighted by Gasteiger charge is 2.09. The zero-order valence-electron chi connectivity index (χ0n) is 14.4. The van der Waals surface area contributed by atoms with Crippen LogP contribution < -0.4 is 10.1 Å². The summed E-state index contributed by atoms with van der Waals surface area (Å²) in [6.45, 7) is -2.58. The second kappa shape index (κ2) is 8.68. The number of thioether (sulfide) groups is 1. The molecule has 0 unspecified atom stereocenters. The molecule has 0 aliphatic rings. The van der Waals surface area contributed by atoms with Crippen LogP contribution in [0.15, 0.2) is 66.1 Å². The number of ether oxygens (including phenoxy) is 1. The number of hydrogen-bond donors (Lipinski definition) is 1. The molecule has 0 fully saturated rings. The summed E-state index contributed by atoms with van der Waals surface area (Å²) >= 11 is 1.52. The second-order valence-electron chi connectivity index (χ2n) is 5.54. The summed E-state index contributed by atoms with van der Waals surface area (Å²) in [5.41, 5.74) is 2.14. The summed E-state index contributed by atoms with van der Waals surface area (Å²) in [5, 5.41) is 3.65. The molecule has 8 heteroatoms. The lowest BCUT2D eigenvalue weighted by atomic mass is 10.1. The van der Waals surface area contributed by atoms with Gasteiger partial charge in [-0.3, -0.25) is 9.36 Å². The first-order valence-corrected chi connectivity index (χ1v) is 9.29. The topological polar surface area (TPSA) is 56.2 Å². The molecule has 140 valence electrons. The number of hydrogen-bond acceptors (Lipinski definition) is 4. The Labute approximate surface area is 159 Å². The number of halogens is 2. The standard InChI is InChI=1S/C19H17F2N3O2S/c1-27-19-22-9-10-24(19)15-4-2-3-14(11-15)17(25)23-12-13-5-7-16(8-6-13)26-18(20)21/h2-11,18H,12H2,1H3,(H,23,25). The van der Waals surface area contributed by atoms with Gasteiger partial charge in [-0.05, 0) is 42.2 Å². The third-order valence-electron chi connectivity index (χ3n) is 3.78. The lowest BCUT2D eigenvalue weighted by Gasteiger charge is -2.10. The van der Waals surface area contributed by atoms with Crippen molar-refractivity contribution in [3.05, 3.63) is 72.1 Å². The number of imidazole rings is 1. The van der Waals surface area contributed by atoms with E-state index in [1.807, 2.05) is 29.2 Å². The number of aromatic nitrogens is 2. The fourth-order valence-electron chi connectivity index (χ4n) is 2.51. The Morgan fingerprint density at radius 1 is 1.26 bits per heavy atom. The smallest absolute Gasteiger partial charge is 0.387 e. The normalized spacial score (nSPS) is 10.8. The van der Waals surface area contributed by atoms with E-state index in [2.05, 4.69) is 15.0 Å². The SMILES string of the molecule is CSc1nccn1-c1cccc(C(=O)NCc2ccc(OC(F)F)cc2)c1. The average molecular weight is 389 g/mol. The van der Waals surface area contributed by atoms with Gasteiger partial charge in [-0.25, -0.2) is 4.98 Å². The van der Waals surface area contributed by atoms with Crippen LogP contribution in [0.4, 0.5) is 8.78 Å². The lowest BCUT2D eigenvalue weighted by Crippen LogP contribution is -2.22. The van der Waals surface area contributed by atoms with E-state index >= 15 is 0 Å². The first kappa shape index (κ1) is 18.9. The van der Waals surface area contributed by atoms with E-state index in [1.165, 1.54) is 23.9 Å². The maximum atomic E-state index is 12.4. The maximum Gasteiger partial charge on any atom is 0.387 e. The van der Waals surface area contributed by atoms with Gasteiger partial charge >= 0.3 is 6.61 Å². The summed E-state index contributed by atoms with van der Waals surface area (Å²) in [6.07, 6.45) is 5.49. The van der Waals surface area contributed by atoms with Gasteiger partial charge in [-0.1, -0.05) is 30.0 Å². The first-order valence-electron chi connectivity index (χ1n) is 8.06. The lowest BCUT2D eigenvalue weighted by molar-refractivity contribution is -0.0498. The van der Waals surface area contributed by atoms with Crippen LogP contribution in [0.2, 0.25) is 0 Å². The van der Waals surface area contributed by atoms with Crippen molar-refractivity contribution in [1.29, 1.82) is 0 Å². The molecule has 0 radical (unpaired) electrons. The zero-order valence-corrected chi connectivity index (χ0v) is 15.2. The number of nitrogens with one attached hydrogen (secondary N) is 1. The molecule has 1 heterocycles. The minimum absolute atomic E-state index is 0.0812. The minimum atomic E-state index is -2.86. The summed E-state index contributed by atoms with van der Waals surface area (Å²) in [6, 6.07) is 13.4. The second-order valence-corrected chi connectivity index (χ2v) is 6.31. The first-order chi connectivity index (χ1) is 13.1. The van der Waals surface area contributed by atoms with Crippen LogP contribution in [-0.4, -0.2) is 28.3 Å². The molecule has 0 spiro atoms. The number of carbonyl (C=O) groups excluding carboxylic acids is 1. The Morgan fingerprint density at radius 3 is 2.74 bits per heavy atom. The summed E-state index contributed by atoms with van der Waals surface area (Å²) < 4.78 is 30.5. The number of benzene rings is 2. The van der Waals surface area contributed by atoms with E-state index in [1.54, 1.807) is 30.5 Å². The van der Waals surface area contributed by atoms with Gasteiger partial charge in [0.25, 0.3) is 5.91 Å². The van der Waals surface area contributed by atoms with Crippen LogP contribution in [0.1, 0.15) is 15.9 Å². The van der Waals surface area contributed by atoms with Crippen LogP contribution in [-0.2, 0) is 6.54 Å². The number of rotatable bonds is 7. The Bertz CT molecular complexity index is 913. The summed E-state index contributed by atoms with van der Waals surface area (Å²) in [7, 11) is 0. The fourth-order valence-corrected chi connectivity index (χ4v) is 3.04. The molecule has 0 aliphatic carbocycles. The minimum Gasteiger partial charge on any atom is -0.435 e. The molecule has 0 atom stereocenters. The van der Waals surface area contributed by atoms with Crippen molar-refractivity contribution in [2.45, 2.75) is 18.3 Å². The number of alkyl halides is 2. The van der Waals surface area contributed by atoms with Crippen molar-refractivity contribution in [2.75, 3.05) is 6.26 Å². The van der Waals surface area contributed by atoms with E-state index in [0.29, 0.717) is 5.56 Å². The van der Waals surface area contributed by atoms with E-state index < -0.39 is 6.61 Å². The zero-order chi connectivity index (χ0) is 19.2. The van der Waals surface area contributed by atoms with Gasteiger partial charge in [0.05, 0.1) is 0 Å². The number of carbonyl (C=O) groups is 1. The van der Waals surface area contributed by atoms with Gasteiger partial charge in [0.15, 0.2) is 5.16 Å². The Morgan fingerprint density at radius 2 is 2.04 bits per heavy atom. The third kappa shape index (κ3) is 4.85. The van der Waals surface area contributed by atoms with Crippen molar-refractivity contribution in [2.24, 2.45) is 0 Å². The Kier molecular flexibility index (Phi) is 6.08. The summed E-state index contributed by atoms with van der Waals surface area (Å²) in [5.74, 6) is -0.145. The molecule has 1 aromatic heterocycles. The van der Waals surface area contributed by atoms with Crippen molar-refractivity contribution >= 4 is 17.7 Å². The number of nitrogens with zero attached hydrogens (tertiary/aromatic N) is 2. The van der Waals surface area contributed by atoms with E-state index in [0.717, 1.165) is 16.4 Å². The van der Waals surface area contributed by atoms with Crippen LogP contribution in [0, 0.1) is 0 Å². The maximum absolute atomic E-state index is 12.4. The Hall–Kier alpha value is -2.87. The van der Waals surface area contributed by atoms with Crippen molar-refractivity contribution in [1.82, 2.24) is 14.9 Å². The average Bonchev–Trinajstić information content (AvgIpc) is 3.16. The predicted octanol–water partition coefficient (Wildman–Crippen LogP) is 4.13. The van der Waals surface area contributed by atoms with Gasteiger partial charge in [0, 0.05) is 30.2 Å². The van der Waals surface area contributed by atoms with Crippen LogP contribution in [0.5, 0.6) is 5.75 Å². The molecule has 1 amide bonds. The van der Waals surface area contributed by atoms with E-state index in [4.69, 9.17) is 0 Å². The molecule has 0 saturated carbocycles. The quantitative estimate of drug-likeness (QED) is 0.618. The van der Waals surface area contributed by atoms with E-state index in [-0.39, 0.29) is 18.2 Å². The number of amides is 1. The largest absolute Gasteiger partial charge is 0.435 e. The highest BCUT2D eigenvalue weighted by Crippen LogP contribution is 2.19. The molecular weight excluding hydrogens is 372 g/mol. The molecule has 27 heavy (non-hydrogen) atoms. The molecule has 3 rings (SSSR count). The molecule has 0 bridgehead atoms. The van der Waals surface area contributed by atoms with Crippen LogP contribution in [0.25, 0.3) is 5.69 Å². The van der Waals surface area contributed by atoms with Crippen LogP contribution >= 0.6 is 11.8 Å². The predicted molar refractivity (Wildman–Crippen MR) is 99.6 cm³/mol. The monoisotopic (exact) mass is 389 g/mol. The van der Waals surface area contributed by atoms with Crippen LogP contribution in [0.3, 0.4) is 0 Å². The molecular formula is C19H17F2N3O2S. The molecule has 5 nitrogen and oxygen atoms in total. The highest BCUT2D eigenvalue weighted by molar-refractivity contribution is 7.98. The van der Waals surface area contributed by atoms with Gasteiger partial charge < -0.3 is 10.1 Å². The van der Waals surface area contributed by atoms with Crippen molar-refractivity contribution < 1.29 is 18.3 Å².